The number of nitrogens with zero attached hydrogens (tertiary/aromatic N) is 5. The fraction of sp³-hybridized carbons (Fsp3) is 0.591. The lowest BCUT2D eigenvalue weighted by Crippen LogP contribution is -2.47. The number of alkyl halides is 3. The number of unbranched alkanes of at least 4 members (excludes halogenated alkanes) is 1. The number of hydrogen-bond acceptors (Lipinski definition) is 6. The lowest BCUT2D eigenvalue weighted by molar-refractivity contribution is -0.137. The third-order valence-corrected chi connectivity index (χ3v) is 5.87. The van der Waals surface area contributed by atoms with Crippen LogP contribution in [0.3, 0.4) is 0 Å². The molecule has 0 N–H and O–H groups in total. The molecule has 0 spiro atoms. The highest BCUT2D eigenvalue weighted by atomic mass is 19.4. The molecule has 6 nitrogen and oxygen atoms in total. The van der Waals surface area contributed by atoms with E-state index in [1.54, 1.807) is 6.20 Å². The summed E-state index contributed by atoms with van der Waals surface area (Å²) < 4.78 is 44.5. The Kier molecular flexibility index (Phi) is 6.89. The molecule has 1 saturated heterocycles. The number of aryl methyl sites for hydroxylation is 2. The molecule has 31 heavy (non-hydrogen) atoms. The second-order valence-corrected chi connectivity index (χ2v) is 8.09. The van der Waals surface area contributed by atoms with Gasteiger partial charge in [-0.2, -0.15) is 13.2 Å². The number of piperazine rings is 1. The summed E-state index contributed by atoms with van der Waals surface area (Å²) in [5.74, 6) is 1.01. The number of fused-ring (bicyclic) bond motifs is 1. The summed E-state index contributed by atoms with van der Waals surface area (Å²) in [4.78, 5) is 17.4. The smallest absolute Gasteiger partial charge is 0.416 e. The third kappa shape index (κ3) is 5.84. The fourth-order valence-corrected chi connectivity index (χ4v) is 4.08. The van der Waals surface area contributed by atoms with Gasteiger partial charge in [0.15, 0.2) is 0 Å². The van der Waals surface area contributed by atoms with Crippen molar-refractivity contribution in [1.29, 1.82) is 0 Å². The monoisotopic (exact) mass is 435 g/mol. The molecule has 1 aliphatic heterocycles. The van der Waals surface area contributed by atoms with E-state index in [4.69, 9.17) is 4.74 Å². The van der Waals surface area contributed by atoms with Crippen LogP contribution in [0.4, 0.5) is 19.0 Å². The molecule has 0 aromatic carbocycles. The molecule has 0 radical (unpaired) electrons. The van der Waals surface area contributed by atoms with Crippen molar-refractivity contribution in [3.8, 4) is 5.88 Å². The maximum absolute atomic E-state index is 12.9. The number of hydrogen-bond donors (Lipinski definition) is 0. The number of halogens is 3. The Labute approximate surface area is 180 Å². The maximum Gasteiger partial charge on any atom is 0.416 e. The summed E-state index contributed by atoms with van der Waals surface area (Å²) in [5.41, 5.74) is 1.54. The molecule has 2 aromatic heterocycles. The van der Waals surface area contributed by atoms with Gasteiger partial charge in [0, 0.05) is 32.4 Å². The van der Waals surface area contributed by atoms with Crippen molar-refractivity contribution in [2.24, 2.45) is 0 Å². The Bertz CT molecular complexity index is 868. The minimum atomic E-state index is -4.34. The highest BCUT2D eigenvalue weighted by molar-refractivity contribution is 5.42. The van der Waals surface area contributed by atoms with Gasteiger partial charge in [0.25, 0.3) is 0 Å². The van der Waals surface area contributed by atoms with Gasteiger partial charge in [-0.3, -0.25) is 9.88 Å². The molecular formula is C22H28F3N5O. The summed E-state index contributed by atoms with van der Waals surface area (Å²) in [6, 6.07) is 2.15. The van der Waals surface area contributed by atoms with Gasteiger partial charge >= 0.3 is 6.18 Å². The van der Waals surface area contributed by atoms with Crippen LogP contribution in [-0.4, -0.2) is 59.2 Å². The SMILES string of the molecule is FC(F)(F)c1ccnc(N2CCN(CCCCOc3cnc4c(n3)CCCC4)CC2)c1. The van der Waals surface area contributed by atoms with Gasteiger partial charge < -0.3 is 9.64 Å². The maximum atomic E-state index is 12.9. The standard InChI is InChI=1S/C22H28F3N5O/c23-22(24,25)17-7-8-26-20(15-17)30-12-10-29(11-13-30)9-3-4-14-31-21-16-27-18-5-1-2-6-19(18)28-21/h7-8,15-16H,1-6,9-14H2. The van der Waals surface area contributed by atoms with Crippen LogP contribution in [0.25, 0.3) is 0 Å². The Morgan fingerprint density at radius 3 is 2.52 bits per heavy atom. The molecule has 0 amide bonds. The zero-order chi connectivity index (χ0) is 21.7. The zero-order valence-corrected chi connectivity index (χ0v) is 17.6. The summed E-state index contributed by atoms with van der Waals surface area (Å²) in [7, 11) is 0. The summed E-state index contributed by atoms with van der Waals surface area (Å²) in [5, 5.41) is 0. The Morgan fingerprint density at radius 2 is 1.74 bits per heavy atom. The largest absolute Gasteiger partial charge is 0.477 e. The number of ether oxygens (including phenoxy) is 1. The molecule has 1 aliphatic carbocycles. The van der Waals surface area contributed by atoms with Gasteiger partial charge in [-0.25, -0.2) is 9.97 Å². The number of rotatable bonds is 7. The number of pyridine rings is 1. The van der Waals surface area contributed by atoms with Crippen LogP contribution in [0.5, 0.6) is 5.88 Å². The number of anilines is 1. The second-order valence-electron chi connectivity index (χ2n) is 8.09. The van der Waals surface area contributed by atoms with Crippen LogP contribution in [-0.2, 0) is 19.0 Å². The molecule has 0 bridgehead atoms. The number of aromatic nitrogens is 3. The first kappa shape index (κ1) is 21.8. The van der Waals surface area contributed by atoms with Gasteiger partial charge in [-0.1, -0.05) is 0 Å². The summed E-state index contributed by atoms with van der Waals surface area (Å²) >= 11 is 0. The van der Waals surface area contributed by atoms with Crippen LogP contribution in [0, 0.1) is 0 Å². The molecule has 0 unspecified atom stereocenters. The molecule has 0 atom stereocenters. The van der Waals surface area contributed by atoms with E-state index in [0.29, 0.717) is 31.4 Å². The van der Waals surface area contributed by atoms with Crippen LogP contribution in [0.1, 0.15) is 42.6 Å². The topological polar surface area (TPSA) is 54.4 Å². The van der Waals surface area contributed by atoms with E-state index in [2.05, 4.69) is 19.9 Å². The Balaban J connectivity index is 1.15. The van der Waals surface area contributed by atoms with Crippen LogP contribution < -0.4 is 9.64 Å². The molecular weight excluding hydrogens is 407 g/mol. The highest BCUT2D eigenvalue weighted by Gasteiger charge is 2.31. The molecule has 0 saturated carbocycles. The first-order valence-corrected chi connectivity index (χ1v) is 11.0. The van der Waals surface area contributed by atoms with Crippen LogP contribution in [0.15, 0.2) is 24.5 Å². The van der Waals surface area contributed by atoms with Gasteiger partial charge in [-0.05, 0) is 57.2 Å². The summed E-state index contributed by atoms with van der Waals surface area (Å²) in [6.07, 6.45) is 4.90. The van der Waals surface area contributed by atoms with Gasteiger partial charge in [0.1, 0.15) is 5.82 Å². The van der Waals surface area contributed by atoms with E-state index in [-0.39, 0.29) is 0 Å². The van der Waals surface area contributed by atoms with Crippen molar-refractivity contribution >= 4 is 5.82 Å². The van der Waals surface area contributed by atoms with E-state index in [0.717, 1.165) is 68.8 Å². The normalized spacial score (nSPS) is 17.5. The van der Waals surface area contributed by atoms with Gasteiger partial charge in [-0.15, -0.1) is 0 Å². The van der Waals surface area contributed by atoms with Crippen molar-refractivity contribution < 1.29 is 17.9 Å². The first-order valence-electron chi connectivity index (χ1n) is 11.0. The van der Waals surface area contributed by atoms with E-state index in [1.807, 2.05) is 4.90 Å². The van der Waals surface area contributed by atoms with E-state index in [9.17, 15) is 13.2 Å². The van der Waals surface area contributed by atoms with E-state index >= 15 is 0 Å². The third-order valence-electron chi connectivity index (χ3n) is 5.87. The average molecular weight is 435 g/mol. The van der Waals surface area contributed by atoms with Crippen LogP contribution >= 0.6 is 0 Å². The Hall–Kier alpha value is -2.42. The molecule has 4 rings (SSSR count). The molecule has 2 aromatic rings. The first-order chi connectivity index (χ1) is 15.0. The van der Waals surface area contributed by atoms with Gasteiger partial charge in [0.05, 0.1) is 29.8 Å². The summed E-state index contributed by atoms with van der Waals surface area (Å²) in [6.45, 7) is 4.54. The van der Waals surface area contributed by atoms with E-state index in [1.165, 1.54) is 19.0 Å². The van der Waals surface area contributed by atoms with Crippen LogP contribution in [0.2, 0.25) is 0 Å². The predicted molar refractivity (Wildman–Crippen MR) is 111 cm³/mol. The minimum Gasteiger partial charge on any atom is -0.477 e. The average Bonchev–Trinajstić information content (AvgIpc) is 2.79. The lowest BCUT2D eigenvalue weighted by atomic mass is 10.0. The van der Waals surface area contributed by atoms with Crippen molar-refractivity contribution in [2.75, 3.05) is 44.2 Å². The van der Waals surface area contributed by atoms with Crippen molar-refractivity contribution in [3.63, 3.8) is 0 Å². The van der Waals surface area contributed by atoms with Crippen molar-refractivity contribution in [2.45, 2.75) is 44.7 Å². The van der Waals surface area contributed by atoms with Gasteiger partial charge in [0.2, 0.25) is 5.88 Å². The zero-order valence-electron chi connectivity index (χ0n) is 17.6. The molecule has 2 aliphatic rings. The minimum absolute atomic E-state index is 0.397. The predicted octanol–water partition coefficient (Wildman–Crippen LogP) is 3.75. The highest BCUT2D eigenvalue weighted by Crippen LogP contribution is 2.31. The second kappa shape index (κ2) is 9.80. The van der Waals surface area contributed by atoms with Crippen molar-refractivity contribution in [3.05, 3.63) is 41.5 Å². The Morgan fingerprint density at radius 1 is 0.968 bits per heavy atom. The fourth-order valence-electron chi connectivity index (χ4n) is 4.08. The quantitative estimate of drug-likeness (QED) is 0.618. The molecule has 168 valence electrons. The van der Waals surface area contributed by atoms with E-state index < -0.39 is 11.7 Å². The molecule has 3 heterocycles. The van der Waals surface area contributed by atoms with Crippen molar-refractivity contribution in [1.82, 2.24) is 19.9 Å². The molecule has 9 heteroatoms. The molecule has 1 fully saturated rings. The lowest BCUT2D eigenvalue weighted by Gasteiger charge is -2.35.